The Kier molecular flexibility index (Phi) is 3.86. The zero-order valence-electron chi connectivity index (χ0n) is 14.6. The molecule has 7 heteroatoms. The Bertz CT molecular complexity index is 608. The third-order valence-electron chi connectivity index (χ3n) is 4.75. The average Bonchev–Trinajstić information content (AvgIpc) is 3.01. The lowest BCUT2D eigenvalue weighted by atomic mass is 9.95. The molecule has 2 atom stereocenters. The third-order valence-corrected chi connectivity index (χ3v) is 4.75. The van der Waals surface area contributed by atoms with Crippen molar-refractivity contribution in [3.8, 4) is 0 Å². The molecule has 0 aliphatic carbocycles. The van der Waals surface area contributed by atoms with Gasteiger partial charge in [-0.3, -0.25) is 0 Å². The summed E-state index contributed by atoms with van der Waals surface area (Å²) < 4.78 is 8.13. The lowest BCUT2D eigenvalue weighted by Crippen LogP contribution is -2.50. The maximum atomic E-state index is 12.4. The molecule has 1 aromatic rings. The van der Waals surface area contributed by atoms with E-state index in [2.05, 4.69) is 39.2 Å². The number of nitrogens with zero attached hydrogens (tertiary/aromatic N) is 3. The molecule has 1 saturated heterocycles. The first kappa shape index (κ1) is 16.2. The highest BCUT2D eigenvalue weighted by molar-refractivity contribution is 5.74. The first-order valence-corrected chi connectivity index (χ1v) is 8.37. The summed E-state index contributed by atoms with van der Waals surface area (Å²) in [6.45, 7) is 11.0. The minimum absolute atomic E-state index is 0.0196. The molecule has 7 nitrogen and oxygen atoms in total. The van der Waals surface area contributed by atoms with Gasteiger partial charge in [0.05, 0.1) is 23.3 Å². The maximum Gasteiger partial charge on any atom is 0.315 e. The summed E-state index contributed by atoms with van der Waals surface area (Å²) in [5, 5.41) is 14.4. The van der Waals surface area contributed by atoms with Gasteiger partial charge in [-0.15, -0.1) is 10.2 Å². The van der Waals surface area contributed by atoms with Crippen LogP contribution in [-0.4, -0.2) is 38.0 Å². The van der Waals surface area contributed by atoms with Crippen molar-refractivity contribution in [2.24, 2.45) is 0 Å². The van der Waals surface area contributed by atoms with Gasteiger partial charge in [0, 0.05) is 13.0 Å². The Hall–Kier alpha value is -1.63. The summed E-state index contributed by atoms with van der Waals surface area (Å²) in [7, 11) is 0. The van der Waals surface area contributed by atoms with E-state index >= 15 is 0 Å². The SMILES string of the molecule is C[C@H](NC(=O)N[C@H]1CC(C)(C)OC1(C)C)c1nnc2n1CCC2. The second-order valence-electron chi connectivity index (χ2n) is 7.79. The molecule has 0 unspecified atom stereocenters. The zero-order valence-corrected chi connectivity index (χ0v) is 14.6. The van der Waals surface area contributed by atoms with E-state index in [1.165, 1.54) is 0 Å². The Labute approximate surface area is 137 Å². The van der Waals surface area contributed by atoms with Crippen molar-refractivity contribution in [2.75, 3.05) is 0 Å². The van der Waals surface area contributed by atoms with E-state index in [1.807, 2.05) is 20.8 Å². The van der Waals surface area contributed by atoms with Gasteiger partial charge in [0.15, 0.2) is 5.82 Å². The predicted octanol–water partition coefficient (Wildman–Crippen LogP) is 1.93. The largest absolute Gasteiger partial charge is 0.367 e. The number of amides is 2. The van der Waals surface area contributed by atoms with Crippen LogP contribution in [0, 0.1) is 0 Å². The Morgan fingerprint density at radius 1 is 1.35 bits per heavy atom. The van der Waals surface area contributed by atoms with Crippen LogP contribution in [0.5, 0.6) is 0 Å². The molecule has 3 rings (SSSR count). The number of carbonyl (C=O) groups is 1. The summed E-state index contributed by atoms with van der Waals surface area (Å²) in [5.41, 5.74) is -0.596. The predicted molar refractivity (Wildman–Crippen MR) is 86.1 cm³/mol. The molecule has 23 heavy (non-hydrogen) atoms. The molecule has 2 amide bonds. The summed E-state index contributed by atoms with van der Waals surface area (Å²) in [5.74, 6) is 1.84. The number of aromatic nitrogens is 3. The van der Waals surface area contributed by atoms with Crippen LogP contribution < -0.4 is 10.6 Å². The number of aryl methyl sites for hydroxylation is 1. The fourth-order valence-corrected chi connectivity index (χ4v) is 3.74. The van der Waals surface area contributed by atoms with Gasteiger partial charge in [0.25, 0.3) is 0 Å². The molecular weight excluding hydrogens is 294 g/mol. The quantitative estimate of drug-likeness (QED) is 0.891. The minimum Gasteiger partial charge on any atom is -0.367 e. The van der Waals surface area contributed by atoms with Crippen molar-refractivity contribution in [3.05, 3.63) is 11.6 Å². The number of fused-ring (bicyclic) bond motifs is 1. The minimum atomic E-state index is -0.375. The lowest BCUT2D eigenvalue weighted by molar-refractivity contribution is -0.0690. The summed E-state index contributed by atoms with van der Waals surface area (Å²) in [6.07, 6.45) is 2.86. The summed E-state index contributed by atoms with van der Waals surface area (Å²) >= 11 is 0. The van der Waals surface area contributed by atoms with Crippen molar-refractivity contribution >= 4 is 6.03 Å². The second-order valence-corrected chi connectivity index (χ2v) is 7.79. The number of ether oxygens (including phenoxy) is 1. The van der Waals surface area contributed by atoms with Crippen LogP contribution in [0.4, 0.5) is 4.79 Å². The number of urea groups is 1. The number of nitrogens with one attached hydrogen (secondary N) is 2. The van der Waals surface area contributed by atoms with Gasteiger partial charge in [0.2, 0.25) is 0 Å². The van der Waals surface area contributed by atoms with E-state index < -0.39 is 0 Å². The maximum absolute atomic E-state index is 12.4. The Morgan fingerprint density at radius 3 is 2.74 bits per heavy atom. The molecule has 128 valence electrons. The topological polar surface area (TPSA) is 81.1 Å². The molecule has 2 aliphatic rings. The highest BCUT2D eigenvalue weighted by Crippen LogP contribution is 2.37. The van der Waals surface area contributed by atoms with Crippen molar-refractivity contribution in [1.82, 2.24) is 25.4 Å². The van der Waals surface area contributed by atoms with Crippen LogP contribution in [0.2, 0.25) is 0 Å². The average molecular weight is 321 g/mol. The normalized spacial score (nSPS) is 25.9. The molecular formula is C16H27N5O2. The molecule has 0 radical (unpaired) electrons. The summed E-state index contributed by atoms with van der Waals surface area (Å²) in [6, 6.07) is -0.381. The van der Waals surface area contributed by atoms with Crippen molar-refractivity contribution < 1.29 is 9.53 Å². The number of rotatable bonds is 3. The van der Waals surface area contributed by atoms with E-state index in [1.54, 1.807) is 0 Å². The molecule has 0 aromatic carbocycles. The third kappa shape index (κ3) is 3.20. The van der Waals surface area contributed by atoms with E-state index in [-0.39, 0.29) is 29.3 Å². The van der Waals surface area contributed by atoms with Crippen LogP contribution in [0.3, 0.4) is 0 Å². The van der Waals surface area contributed by atoms with Crippen LogP contribution in [0.25, 0.3) is 0 Å². The van der Waals surface area contributed by atoms with Gasteiger partial charge in [-0.05, 0) is 47.5 Å². The summed E-state index contributed by atoms with van der Waals surface area (Å²) in [4.78, 5) is 12.4. The van der Waals surface area contributed by atoms with Gasteiger partial charge >= 0.3 is 6.03 Å². The van der Waals surface area contributed by atoms with E-state index in [0.29, 0.717) is 0 Å². The molecule has 1 fully saturated rings. The van der Waals surface area contributed by atoms with E-state index in [9.17, 15) is 4.79 Å². The molecule has 0 bridgehead atoms. The Balaban J connectivity index is 1.61. The molecule has 2 N–H and O–H groups in total. The fraction of sp³-hybridized carbons (Fsp3) is 0.812. The monoisotopic (exact) mass is 321 g/mol. The number of hydrogen-bond acceptors (Lipinski definition) is 4. The first-order valence-electron chi connectivity index (χ1n) is 8.37. The van der Waals surface area contributed by atoms with Crippen LogP contribution >= 0.6 is 0 Å². The highest BCUT2D eigenvalue weighted by atomic mass is 16.5. The van der Waals surface area contributed by atoms with Gasteiger partial charge in [-0.25, -0.2) is 4.79 Å². The molecule has 2 aliphatic heterocycles. The standard InChI is InChI=1S/C16H27N5O2/c1-10(13-20-19-12-7-6-8-21(12)13)17-14(22)18-11-9-15(2,3)23-16(11,4)5/h10-11H,6-9H2,1-5H3,(H2,17,18,22)/t10-,11-/m0/s1. The molecule has 1 aromatic heterocycles. The van der Waals surface area contributed by atoms with E-state index in [0.717, 1.165) is 37.5 Å². The smallest absolute Gasteiger partial charge is 0.315 e. The molecule has 0 saturated carbocycles. The first-order chi connectivity index (χ1) is 10.7. The number of carbonyl (C=O) groups excluding carboxylic acids is 1. The van der Waals surface area contributed by atoms with Crippen molar-refractivity contribution in [1.29, 1.82) is 0 Å². The molecule has 0 spiro atoms. The van der Waals surface area contributed by atoms with Crippen LogP contribution in [-0.2, 0) is 17.7 Å². The second kappa shape index (κ2) is 5.47. The van der Waals surface area contributed by atoms with Gasteiger partial charge < -0.3 is 19.9 Å². The van der Waals surface area contributed by atoms with Gasteiger partial charge in [-0.1, -0.05) is 0 Å². The van der Waals surface area contributed by atoms with E-state index in [4.69, 9.17) is 4.74 Å². The lowest BCUT2D eigenvalue weighted by Gasteiger charge is -2.28. The highest BCUT2D eigenvalue weighted by Gasteiger charge is 2.46. The fourth-order valence-electron chi connectivity index (χ4n) is 3.74. The number of hydrogen-bond donors (Lipinski definition) is 2. The Morgan fingerprint density at radius 2 is 2.09 bits per heavy atom. The van der Waals surface area contributed by atoms with Crippen molar-refractivity contribution in [3.63, 3.8) is 0 Å². The van der Waals surface area contributed by atoms with Gasteiger partial charge in [-0.2, -0.15) is 0 Å². The zero-order chi connectivity index (χ0) is 16.8. The molecule has 3 heterocycles. The van der Waals surface area contributed by atoms with Crippen molar-refractivity contribution in [2.45, 2.75) is 83.7 Å². The van der Waals surface area contributed by atoms with Gasteiger partial charge in [0.1, 0.15) is 5.82 Å². The van der Waals surface area contributed by atoms with Crippen LogP contribution in [0.15, 0.2) is 0 Å². The van der Waals surface area contributed by atoms with Crippen LogP contribution in [0.1, 0.15) is 65.2 Å².